The van der Waals surface area contributed by atoms with Crippen LogP contribution in [0.4, 0.5) is 5.69 Å². The van der Waals surface area contributed by atoms with E-state index in [9.17, 15) is 4.79 Å². The number of benzene rings is 1. The van der Waals surface area contributed by atoms with Gasteiger partial charge in [0.05, 0.1) is 30.6 Å². The lowest BCUT2D eigenvalue weighted by Crippen LogP contribution is -2.35. The highest BCUT2D eigenvalue weighted by Crippen LogP contribution is 2.35. The molecule has 31 heavy (non-hydrogen) atoms. The highest BCUT2D eigenvalue weighted by Gasteiger charge is 2.21. The maximum Gasteiger partial charge on any atom is 0.266 e. The average Bonchev–Trinajstić information content (AvgIpc) is 3.11. The molecule has 1 aliphatic heterocycles. The molecule has 0 bridgehead atoms. The number of nitrogens with one attached hydrogen (secondary N) is 1. The Labute approximate surface area is 185 Å². The first-order valence-corrected chi connectivity index (χ1v) is 10.9. The zero-order chi connectivity index (χ0) is 21.8. The Morgan fingerprint density at radius 2 is 2.06 bits per heavy atom. The van der Waals surface area contributed by atoms with Crippen LogP contribution in [0.5, 0.6) is 5.88 Å². The van der Waals surface area contributed by atoms with Gasteiger partial charge >= 0.3 is 0 Å². The topological polar surface area (TPSA) is 85.8 Å². The summed E-state index contributed by atoms with van der Waals surface area (Å²) in [5, 5.41) is 3.79. The molecule has 1 amide bonds. The molecule has 0 spiro atoms. The van der Waals surface area contributed by atoms with Crippen LogP contribution >= 0.6 is 11.3 Å². The van der Waals surface area contributed by atoms with Crippen molar-refractivity contribution in [3.8, 4) is 5.88 Å². The Balaban J connectivity index is 1.55. The van der Waals surface area contributed by atoms with Crippen molar-refractivity contribution in [1.82, 2.24) is 14.9 Å². The number of thiophene rings is 1. The summed E-state index contributed by atoms with van der Waals surface area (Å²) >= 11 is 1.33. The Hall–Kier alpha value is -2.59. The van der Waals surface area contributed by atoms with E-state index in [1.165, 1.54) is 11.3 Å². The summed E-state index contributed by atoms with van der Waals surface area (Å²) in [6.45, 7) is 6.38. The predicted octanol–water partition coefficient (Wildman–Crippen LogP) is 3.24. The summed E-state index contributed by atoms with van der Waals surface area (Å²) in [7, 11) is 3.15. The van der Waals surface area contributed by atoms with E-state index in [1.54, 1.807) is 14.2 Å². The number of rotatable bonds is 7. The van der Waals surface area contributed by atoms with E-state index in [0.29, 0.717) is 21.4 Å². The van der Waals surface area contributed by atoms with Gasteiger partial charge < -0.3 is 19.5 Å². The van der Waals surface area contributed by atoms with Crippen molar-refractivity contribution in [3.63, 3.8) is 0 Å². The Morgan fingerprint density at radius 1 is 1.26 bits per heavy atom. The second kappa shape index (κ2) is 9.69. The fraction of sp³-hybridized carbons (Fsp3) is 0.409. The van der Waals surface area contributed by atoms with Crippen LogP contribution in [0.25, 0.3) is 10.2 Å². The fourth-order valence-corrected chi connectivity index (χ4v) is 4.74. The van der Waals surface area contributed by atoms with Gasteiger partial charge in [-0.25, -0.2) is 4.98 Å². The van der Waals surface area contributed by atoms with Gasteiger partial charge in [0, 0.05) is 32.4 Å². The molecule has 0 radical (unpaired) electrons. The molecule has 1 N–H and O–H groups in total. The summed E-state index contributed by atoms with van der Waals surface area (Å²) in [5.41, 5.74) is 2.73. The molecule has 1 fully saturated rings. The Kier molecular flexibility index (Phi) is 6.77. The largest absolute Gasteiger partial charge is 0.480 e. The monoisotopic (exact) mass is 442 g/mol. The molecule has 0 saturated carbocycles. The van der Waals surface area contributed by atoms with Crippen LogP contribution in [0.2, 0.25) is 0 Å². The standard InChI is InChI=1S/C22H26N4O4S/c1-14-18-21(29-3)24-17(13-28-2)25-22(18)31-19(14)20(27)23-16-6-4-5-15(11-16)12-26-7-9-30-10-8-26/h4-6,11H,7-10,12-13H2,1-3H3,(H,23,27). The van der Waals surface area contributed by atoms with Crippen LogP contribution < -0.4 is 10.1 Å². The predicted molar refractivity (Wildman–Crippen MR) is 120 cm³/mol. The number of hydrogen-bond donors (Lipinski definition) is 1. The summed E-state index contributed by atoms with van der Waals surface area (Å²) in [6.07, 6.45) is 0. The zero-order valence-corrected chi connectivity index (χ0v) is 18.8. The van der Waals surface area contributed by atoms with Gasteiger partial charge in [0.2, 0.25) is 5.88 Å². The van der Waals surface area contributed by atoms with Gasteiger partial charge in [0.1, 0.15) is 11.4 Å². The third-order valence-electron chi connectivity index (χ3n) is 5.17. The van der Waals surface area contributed by atoms with E-state index in [-0.39, 0.29) is 12.5 Å². The molecule has 1 saturated heterocycles. The number of methoxy groups -OCH3 is 2. The van der Waals surface area contributed by atoms with Gasteiger partial charge in [-0.05, 0) is 30.2 Å². The molecule has 1 aromatic carbocycles. The van der Waals surface area contributed by atoms with Crippen LogP contribution in [-0.2, 0) is 22.6 Å². The van der Waals surface area contributed by atoms with Crippen molar-refractivity contribution >= 4 is 33.1 Å². The summed E-state index contributed by atoms with van der Waals surface area (Å²) < 4.78 is 16.0. The third kappa shape index (κ3) is 4.85. The summed E-state index contributed by atoms with van der Waals surface area (Å²) in [5.74, 6) is 0.813. The average molecular weight is 443 g/mol. The molecule has 4 rings (SSSR count). The van der Waals surface area contributed by atoms with Gasteiger partial charge in [-0.3, -0.25) is 9.69 Å². The molecule has 1 aliphatic rings. The molecule has 8 nitrogen and oxygen atoms in total. The van der Waals surface area contributed by atoms with E-state index in [0.717, 1.165) is 55.0 Å². The molecule has 3 aromatic rings. The van der Waals surface area contributed by atoms with Crippen LogP contribution in [0.15, 0.2) is 24.3 Å². The van der Waals surface area contributed by atoms with Crippen molar-refractivity contribution in [2.24, 2.45) is 0 Å². The van der Waals surface area contributed by atoms with Crippen LogP contribution in [0, 0.1) is 6.92 Å². The van der Waals surface area contributed by atoms with Gasteiger partial charge in [-0.1, -0.05) is 12.1 Å². The number of nitrogens with zero attached hydrogens (tertiary/aromatic N) is 3. The second-order valence-corrected chi connectivity index (χ2v) is 8.36. The smallest absolute Gasteiger partial charge is 0.266 e. The van der Waals surface area contributed by atoms with E-state index in [4.69, 9.17) is 14.2 Å². The number of anilines is 1. The molecular weight excluding hydrogens is 416 g/mol. The Morgan fingerprint density at radius 3 is 2.81 bits per heavy atom. The number of carbonyl (C=O) groups is 1. The lowest BCUT2D eigenvalue weighted by molar-refractivity contribution is 0.0342. The number of hydrogen-bond acceptors (Lipinski definition) is 8. The molecule has 164 valence electrons. The number of aromatic nitrogens is 2. The maximum atomic E-state index is 13.1. The second-order valence-electron chi connectivity index (χ2n) is 7.36. The van der Waals surface area contributed by atoms with Crippen molar-refractivity contribution in [2.45, 2.75) is 20.1 Å². The van der Waals surface area contributed by atoms with Gasteiger partial charge in [-0.15, -0.1) is 11.3 Å². The van der Waals surface area contributed by atoms with Gasteiger partial charge in [-0.2, -0.15) is 4.98 Å². The number of morpholine rings is 1. The van der Waals surface area contributed by atoms with Crippen LogP contribution in [0.3, 0.4) is 0 Å². The van der Waals surface area contributed by atoms with E-state index in [1.807, 2.05) is 25.1 Å². The molecule has 9 heteroatoms. The minimum absolute atomic E-state index is 0.167. The van der Waals surface area contributed by atoms with Crippen molar-refractivity contribution in [3.05, 3.63) is 46.1 Å². The third-order valence-corrected chi connectivity index (χ3v) is 6.36. The molecular formula is C22H26N4O4S. The lowest BCUT2D eigenvalue weighted by Gasteiger charge is -2.26. The van der Waals surface area contributed by atoms with E-state index >= 15 is 0 Å². The number of amides is 1. The molecule has 0 atom stereocenters. The van der Waals surface area contributed by atoms with Gasteiger partial charge in [0.15, 0.2) is 5.82 Å². The number of fused-ring (bicyclic) bond motifs is 1. The first-order valence-electron chi connectivity index (χ1n) is 10.1. The van der Waals surface area contributed by atoms with E-state index < -0.39 is 0 Å². The molecule has 2 aromatic heterocycles. The number of ether oxygens (including phenoxy) is 3. The van der Waals surface area contributed by atoms with Crippen molar-refractivity contribution in [1.29, 1.82) is 0 Å². The Bertz CT molecular complexity index is 1080. The normalized spacial score (nSPS) is 14.7. The zero-order valence-electron chi connectivity index (χ0n) is 17.9. The minimum atomic E-state index is -0.167. The first kappa shape index (κ1) is 21.6. The fourth-order valence-electron chi connectivity index (χ4n) is 3.65. The first-order chi connectivity index (χ1) is 15.1. The van der Waals surface area contributed by atoms with Crippen LogP contribution in [0.1, 0.15) is 26.6 Å². The quantitative estimate of drug-likeness (QED) is 0.601. The van der Waals surface area contributed by atoms with E-state index in [2.05, 4.69) is 26.3 Å². The summed E-state index contributed by atoms with van der Waals surface area (Å²) in [4.78, 5) is 25.7. The lowest BCUT2D eigenvalue weighted by atomic mass is 10.1. The number of carbonyl (C=O) groups excluding carboxylic acids is 1. The molecule has 0 aliphatic carbocycles. The molecule has 3 heterocycles. The van der Waals surface area contributed by atoms with Gasteiger partial charge in [0.25, 0.3) is 5.91 Å². The van der Waals surface area contributed by atoms with Crippen LogP contribution in [-0.4, -0.2) is 61.3 Å². The minimum Gasteiger partial charge on any atom is -0.480 e. The van der Waals surface area contributed by atoms with Crippen molar-refractivity contribution < 1.29 is 19.0 Å². The van der Waals surface area contributed by atoms with Crippen molar-refractivity contribution in [2.75, 3.05) is 45.8 Å². The molecule has 0 unspecified atom stereocenters. The summed E-state index contributed by atoms with van der Waals surface area (Å²) in [6, 6.07) is 7.97. The number of aryl methyl sites for hydroxylation is 1. The maximum absolute atomic E-state index is 13.1. The SMILES string of the molecule is COCc1nc(OC)c2c(C)c(C(=O)Nc3cccc(CN4CCOCC4)c3)sc2n1. The highest BCUT2D eigenvalue weighted by molar-refractivity contribution is 7.20. The highest BCUT2D eigenvalue weighted by atomic mass is 32.1.